The van der Waals surface area contributed by atoms with E-state index in [1.54, 1.807) is 0 Å². The lowest BCUT2D eigenvalue weighted by atomic mass is 10.1. The molecule has 2 rings (SSSR count). The largest absolute Gasteiger partial charge is 0.494 e. The minimum atomic E-state index is 0.793. The highest BCUT2D eigenvalue weighted by atomic mass is 16.5. The molecule has 3 heteroatoms. The van der Waals surface area contributed by atoms with Crippen LogP contribution in [-0.4, -0.2) is 16.8 Å². The van der Waals surface area contributed by atoms with Gasteiger partial charge in [-0.2, -0.15) is 5.10 Å². The van der Waals surface area contributed by atoms with Crippen molar-refractivity contribution in [2.24, 2.45) is 0 Å². The molecule has 0 saturated carbocycles. The predicted octanol–water partition coefficient (Wildman–Crippen LogP) is 4.28. The van der Waals surface area contributed by atoms with Crippen molar-refractivity contribution >= 4 is 0 Å². The lowest BCUT2D eigenvalue weighted by molar-refractivity contribution is 0.309. The maximum absolute atomic E-state index is 5.60. The highest BCUT2D eigenvalue weighted by molar-refractivity contribution is 5.62. The van der Waals surface area contributed by atoms with E-state index in [9.17, 15) is 0 Å². The van der Waals surface area contributed by atoms with E-state index in [0.29, 0.717) is 0 Å². The number of hydrogen-bond acceptors (Lipinski definition) is 2. The molecule has 0 unspecified atom stereocenters. The van der Waals surface area contributed by atoms with Crippen LogP contribution in [0.4, 0.5) is 0 Å². The van der Waals surface area contributed by atoms with E-state index in [0.717, 1.165) is 36.3 Å². The fourth-order valence-corrected chi connectivity index (χ4v) is 1.49. The fraction of sp³-hybridized carbons (Fsp3) is 0.400. The van der Waals surface area contributed by atoms with Crippen molar-refractivity contribution in [2.45, 2.75) is 33.6 Å². The van der Waals surface area contributed by atoms with Crippen molar-refractivity contribution in [3.8, 4) is 16.9 Å². The fourth-order valence-electron chi connectivity index (χ4n) is 1.49. The summed E-state index contributed by atoms with van der Waals surface area (Å²) in [7, 11) is 0. The smallest absolute Gasteiger partial charge is 0.119 e. The predicted molar refractivity (Wildman–Crippen MR) is 75.8 cm³/mol. The molecule has 0 aliphatic rings. The Balaban J connectivity index is 0.000000771. The number of aromatic amines is 1. The SMILES string of the molecule is CC.CCCCOc1ccc(-c2cn[nH]c2)cc1. The first-order valence-corrected chi connectivity index (χ1v) is 6.62. The van der Waals surface area contributed by atoms with E-state index in [-0.39, 0.29) is 0 Å². The zero-order valence-corrected chi connectivity index (χ0v) is 11.4. The molecule has 1 N–H and O–H groups in total. The number of H-pyrrole nitrogens is 1. The van der Waals surface area contributed by atoms with Crippen molar-refractivity contribution in [1.29, 1.82) is 0 Å². The van der Waals surface area contributed by atoms with Crippen LogP contribution in [0.1, 0.15) is 33.6 Å². The van der Waals surface area contributed by atoms with Gasteiger partial charge >= 0.3 is 0 Å². The molecule has 3 nitrogen and oxygen atoms in total. The first kappa shape index (κ1) is 14.3. The van der Waals surface area contributed by atoms with Crippen molar-refractivity contribution < 1.29 is 4.74 Å². The summed E-state index contributed by atoms with van der Waals surface area (Å²) >= 11 is 0. The third-order valence-corrected chi connectivity index (χ3v) is 2.45. The zero-order chi connectivity index (χ0) is 13.2. The van der Waals surface area contributed by atoms with Gasteiger partial charge in [-0.3, -0.25) is 5.10 Å². The number of nitrogens with one attached hydrogen (secondary N) is 1. The summed E-state index contributed by atoms with van der Waals surface area (Å²) in [6.45, 7) is 6.95. The van der Waals surface area contributed by atoms with Crippen LogP contribution in [0, 0.1) is 0 Å². The maximum atomic E-state index is 5.60. The Morgan fingerprint density at radius 1 is 1.11 bits per heavy atom. The van der Waals surface area contributed by atoms with Crippen LogP contribution in [-0.2, 0) is 0 Å². The van der Waals surface area contributed by atoms with Crippen molar-refractivity contribution in [1.82, 2.24) is 10.2 Å². The van der Waals surface area contributed by atoms with Gasteiger partial charge in [0.1, 0.15) is 5.75 Å². The van der Waals surface area contributed by atoms with E-state index < -0.39 is 0 Å². The molecule has 0 spiro atoms. The van der Waals surface area contributed by atoms with Gasteiger partial charge in [0, 0.05) is 11.8 Å². The van der Waals surface area contributed by atoms with E-state index >= 15 is 0 Å². The van der Waals surface area contributed by atoms with Crippen LogP contribution in [0.15, 0.2) is 36.7 Å². The van der Waals surface area contributed by atoms with E-state index in [2.05, 4.69) is 17.1 Å². The molecule has 1 heterocycles. The Bertz CT molecular complexity index is 407. The highest BCUT2D eigenvalue weighted by Crippen LogP contribution is 2.21. The van der Waals surface area contributed by atoms with Crippen molar-refractivity contribution in [3.05, 3.63) is 36.7 Å². The Morgan fingerprint density at radius 2 is 1.83 bits per heavy atom. The monoisotopic (exact) mass is 246 g/mol. The number of unbranched alkanes of at least 4 members (excludes halogenated alkanes) is 1. The molecular weight excluding hydrogens is 224 g/mol. The highest BCUT2D eigenvalue weighted by Gasteiger charge is 1.99. The number of benzene rings is 1. The molecule has 1 aromatic heterocycles. The van der Waals surface area contributed by atoms with Gasteiger partial charge in [0.05, 0.1) is 12.8 Å². The van der Waals surface area contributed by atoms with Crippen LogP contribution < -0.4 is 4.74 Å². The second-order valence-corrected chi connectivity index (χ2v) is 3.71. The summed E-state index contributed by atoms with van der Waals surface area (Å²) in [5.41, 5.74) is 2.25. The molecule has 0 fully saturated rings. The zero-order valence-electron chi connectivity index (χ0n) is 11.4. The molecule has 98 valence electrons. The summed E-state index contributed by atoms with van der Waals surface area (Å²) in [5.74, 6) is 0.931. The summed E-state index contributed by atoms with van der Waals surface area (Å²) in [6, 6.07) is 8.09. The quantitative estimate of drug-likeness (QED) is 0.799. The molecular formula is C15H22N2O. The standard InChI is InChI=1S/C13H16N2O.C2H6/c1-2-3-8-16-13-6-4-11(5-7-13)12-9-14-15-10-12;1-2/h4-7,9-10H,2-3,8H2,1H3,(H,14,15);1-2H3. The van der Waals surface area contributed by atoms with Gasteiger partial charge in [0.25, 0.3) is 0 Å². The summed E-state index contributed by atoms with van der Waals surface area (Å²) in [5, 5.41) is 6.73. The molecule has 0 aliphatic heterocycles. The van der Waals surface area contributed by atoms with Crippen molar-refractivity contribution in [2.75, 3.05) is 6.61 Å². The third-order valence-electron chi connectivity index (χ3n) is 2.45. The first-order chi connectivity index (χ1) is 8.90. The lowest BCUT2D eigenvalue weighted by Gasteiger charge is -2.05. The molecule has 0 atom stereocenters. The Kier molecular flexibility index (Phi) is 6.62. The van der Waals surface area contributed by atoms with Crippen LogP contribution >= 0.6 is 0 Å². The second kappa shape index (κ2) is 8.34. The Hall–Kier alpha value is -1.77. The topological polar surface area (TPSA) is 37.9 Å². The molecule has 0 saturated heterocycles. The number of nitrogens with zero attached hydrogens (tertiary/aromatic N) is 1. The van der Waals surface area contributed by atoms with Gasteiger partial charge in [-0.15, -0.1) is 0 Å². The Labute approximate surface area is 109 Å². The van der Waals surface area contributed by atoms with Gasteiger partial charge in [-0.25, -0.2) is 0 Å². The first-order valence-electron chi connectivity index (χ1n) is 6.62. The lowest BCUT2D eigenvalue weighted by Crippen LogP contribution is -1.95. The van der Waals surface area contributed by atoms with Crippen LogP contribution in [0.5, 0.6) is 5.75 Å². The number of ether oxygens (including phenoxy) is 1. The molecule has 0 amide bonds. The number of rotatable bonds is 5. The molecule has 18 heavy (non-hydrogen) atoms. The van der Waals surface area contributed by atoms with Crippen LogP contribution in [0.25, 0.3) is 11.1 Å². The molecule has 0 radical (unpaired) electrons. The Morgan fingerprint density at radius 3 is 2.39 bits per heavy atom. The summed E-state index contributed by atoms with van der Waals surface area (Å²) in [4.78, 5) is 0. The average Bonchev–Trinajstić information content (AvgIpc) is 2.96. The normalized spacial score (nSPS) is 9.50. The van der Waals surface area contributed by atoms with E-state index in [1.807, 2.05) is 50.5 Å². The minimum Gasteiger partial charge on any atom is -0.494 e. The minimum absolute atomic E-state index is 0.793. The number of aromatic nitrogens is 2. The van der Waals surface area contributed by atoms with Gasteiger partial charge in [-0.05, 0) is 24.1 Å². The third kappa shape index (κ3) is 4.24. The summed E-state index contributed by atoms with van der Waals surface area (Å²) in [6.07, 6.45) is 5.95. The van der Waals surface area contributed by atoms with E-state index in [1.165, 1.54) is 0 Å². The van der Waals surface area contributed by atoms with Crippen LogP contribution in [0.2, 0.25) is 0 Å². The molecule has 0 aliphatic carbocycles. The van der Waals surface area contributed by atoms with Gasteiger partial charge in [0.15, 0.2) is 0 Å². The van der Waals surface area contributed by atoms with Gasteiger partial charge in [0.2, 0.25) is 0 Å². The van der Waals surface area contributed by atoms with Crippen LogP contribution in [0.3, 0.4) is 0 Å². The molecule has 2 aromatic rings. The maximum Gasteiger partial charge on any atom is 0.119 e. The second-order valence-electron chi connectivity index (χ2n) is 3.71. The molecule has 1 aromatic carbocycles. The van der Waals surface area contributed by atoms with Gasteiger partial charge in [-0.1, -0.05) is 39.3 Å². The average molecular weight is 246 g/mol. The van der Waals surface area contributed by atoms with E-state index in [4.69, 9.17) is 4.74 Å². The van der Waals surface area contributed by atoms with Gasteiger partial charge < -0.3 is 4.74 Å². The number of hydrogen-bond donors (Lipinski definition) is 1. The van der Waals surface area contributed by atoms with Crippen molar-refractivity contribution in [3.63, 3.8) is 0 Å². The summed E-state index contributed by atoms with van der Waals surface area (Å²) < 4.78 is 5.60. The molecule has 0 bridgehead atoms.